The van der Waals surface area contributed by atoms with E-state index in [0.29, 0.717) is 17.4 Å². The number of nitrogens with zero attached hydrogens (tertiary/aromatic N) is 1. The Kier molecular flexibility index (Phi) is 4.40. The van der Waals surface area contributed by atoms with E-state index in [4.69, 9.17) is 0 Å². The molecule has 0 bridgehead atoms. The number of hydrogen-bond acceptors (Lipinski definition) is 3. The fourth-order valence-corrected chi connectivity index (χ4v) is 2.92. The summed E-state index contributed by atoms with van der Waals surface area (Å²) in [5, 5.41) is 12.6. The Labute approximate surface area is 114 Å². The number of carboxylic acids is 1. The van der Waals surface area contributed by atoms with E-state index in [2.05, 4.69) is 17.2 Å². The zero-order valence-corrected chi connectivity index (χ0v) is 11.6. The number of aromatic carboxylic acids is 1. The van der Waals surface area contributed by atoms with Gasteiger partial charge in [0.2, 0.25) is 0 Å². The number of carboxylic acid groups (broad SMARTS) is 1. The maximum absolute atomic E-state index is 11.3. The van der Waals surface area contributed by atoms with Gasteiger partial charge in [-0.3, -0.25) is 0 Å². The summed E-state index contributed by atoms with van der Waals surface area (Å²) in [7, 11) is 0. The van der Waals surface area contributed by atoms with Crippen LogP contribution in [0.15, 0.2) is 12.3 Å². The van der Waals surface area contributed by atoms with Gasteiger partial charge in [0, 0.05) is 12.2 Å². The van der Waals surface area contributed by atoms with Crippen molar-refractivity contribution in [2.75, 3.05) is 5.32 Å². The lowest BCUT2D eigenvalue weighted by Gasteiger charge is -2.29. The molecule has 2 unspecified atom stereocenters. The highest BCUT2D eigenvalue weighted by Gasteiger charge is 2.23. The number of pyridine rings is 1. The van der Waals surface area contributed by atoms with E-state index in [9.17, 15) is 9.90 Å². The van der Waals surface area contributed by atoms with Gasteiger partial charge < -0.3 is 10.4 Å². The SMILES string of the molecule is CCC1CCCC(Nc2nccc(C)c2C(=O)O)C1. The minimum Gasteiger partial charge on any atom is -0.478 e. The summed E-state index contributed by atoms with van der Waals surface area (Å²) in [5.74, 6) is 0.370. The molecular formula is C15H22N2O2. The van der Waals surface area contributed by atoms with Crippen LogP contribution in [0, 0.1) is 12.8 Å². The van der Waals surface area contributed by atoms with Gasteiger partial charge in [-0.25, -0.2) is 9.78 Å². The number of aryl methyl sites for hydroxylation is 1. The van der Waals surface area contributed by atoms with Crippen molar-refractivity contribution in [1.29, 1.82) is 0 Å². The van der Waals surface area contributed by atoms with Gasteiger partial charge in [-0.05, 0) is 37.3 Å². The van der Waals surface area contributed by atoms with E-state index in [0.717, 1.165) is 24.3 Å². The normalized spacial score (nSPS) is 23.1. The molecule has 2 N–H and O–H groups in total. The maximum atomic E-state index is 11.3. The van der Waals surface area contributed by atoms with Gasteiger partial charge in [0.05, 0.1) is 0 Å². The zero-order valence-electron chi connectivity index (χ0n) is 11.6. The Morgan fingerprint density at radius 1 is 1.53 bits per heavy atom. The minimum absolute atomic E-state index is 0.307. The molecule has 19 heavy (non-hydrogen) atoms. The predicted molar refractivity (Wildman–Crippen MR) is 75.6 cm³/mol. The van der Waals surface area contributed by atoms with Crippen LogP contribution in [0.4, 0.5) is 5.82 Å². The van der Waals surface area contributed by atoms with E-state index >= 15 is 0 Å². The third kappa shape index (κ3) is 3.25. The average Bonchev–Trinajstić information content (AvgIpc) is 2.38. The van der Waals surface area contributed by atoms with Gasteiger partial charge in [0.15, 0.2) is 0 Å². The van der Waals surface area contributed by atoms with Crippen molar-refractivity contribution < 1.29 is 9.90 Å². The van der Waals surface area contributed by atoms with Crippen molar-refractivity contribution in [2.45, 2.75) is 52.0 Å². The Bertz CT molecular complexity index is 459. The third-order valence-corrected chi connectivity index (χ3v) is 4.07. The molecule has 4 heteroatoms. The van der Waals surface area contributed by atoms with Gasteiger partial charge in [-0.2, -0.15) is 0 Å². The van der Waals surface area contributed by atoms with Gasteiger partial charge in [0.1, 0.15) is 11.4 Å². The minimum atomic E-state index is -0.907. The fourth-order valence-electron chi connectivity index (χ4n) is 2.92. The van der Waals surface area contributed by atoms with Crippen molar-refractivity contribution in [3.8, 4) is 0 Å². The highest BCUT2D eigenvalue weighted by atomic mass is 16.4. The van der Waals surface area contributed by atoms with Gasteiger partial charge in [-0.1, -0.05) is 26.2 Å². The standard InChI is InChI=1S/C15H22N2O2/c1-3-11-5-4-6-12(9-11)17-14-13(15(18)19)10(2)7-8-16-14/h7-8,11-12H,3-6,9H2,1-2H3,(H,16,17)(H,18,19). The van der Waals surface area contributed by atoms with Crippen LogP contribution in [-0.2, 0) is 0 Å². The maximum Gasteiger partial charge on any atom is 0.339 e. The number of anilines is 1. The molecule has 2 atom stereocenters. The topological polar surface area (TPSA) is 62.2 Å². The van der Waals surface area contributed by atoms with Crippen LogP contribution in [-0.4, -0.2) is 22.1 Å². The fraction of sp³-hybridized carbons (Fsp3) is 0.600. The van der Waals surface area contributed by atoms with Crippen LogP contribution in [0.1, 0.15) is 54.9 Å². The van der Waals surface area contributed by atoms with Crippen molar-refractivity contribution in [1.82, 2.24) is 4.98 Å². The molecule has 104 valence electrons. The van der Waals surface area contributed by atoms with Gasteiger partial charge in [-0.15, -0.1) is 0 Å². The first kappa shape index (κ1) is 13.8. The summed E-state index contributed by atoms with van der Waals surface area (Å²) in [6.07, 6.45) is 7.60. The van der Waals surface area contributed by atoms with Crippen LogP contribution in [0.2, 0.25) is 0 Å². The Hall–Kier alpha value is -1.58. The molecule has 1 aromatic rings. The molecule has 0 amide bonds. The first-order valence-electron chi connectivity index (χ1n) is 7.07. The van der Waals surface area contributed by atoms with Crippen molar-refractivity contribution in [3.05, 3.63) is 23.4 Å². The Morgan fingerprint density at radius 3 is 3.00 bits per heavy atom. The van der Waals surface area contributed by atoms with Crippen molar-refractivity contribution in [3.63, 3.8) is 0 Å². The predicted octanol–water partition coefficient (Wildman–Crippen LogP) is 3.47. The summed E-state index contributed by atoms with van der Waals surface area (Å²) in [5.41, 5.74) is 1.06. The lowest BCUT2D eigenvalue weighted by atomic mass is 9.84. The molecule has 1 aliphatic carbocycles. The van der Waals surface area contributed by atoms with E-state index in [1.54, 1.807) is 12.3 Å². The Balaban J connectivity index is 2.14. The quantitative estimate of drug-likeness (QED) is 0.872. The van der Waals surface area contributed by atoms with Crippen LogP contribution < -0.4 is 5.32 Å². The second-order valence-electron chi connectivity index (χ2n) is 5.44. The molecule has 1 fully saturated rings. The first-order valence-corrected chi connectivity index (χ1v) is 7.07. The summed E-state index contributed by atoms with van der Waals surface area (Å²) < 4.78 is 0. The second kappa shape index (κ2) is 6.04. The largest absolute Gasteiger partial charge is 0.478 e. The van der Waals surface area contributed by atoms with E-state index in [-0.39, 0.29) is 0 Å². The molecule has 0 spiro atoms. The average molecular weight is 262 g/mol. The number of aromatic nitrogens is 1. The molecule has 4 nitrogen and oxygen atoms in total. The number of rotatable bonds is 4. The monoisotopic (exact) mass is 262 g/mol. The number of carbonyl (C=O) groups is 1. The number of hydrogen-bond donors (Lipinski definition) is 2. The third-order valence-electron chi connectivity index (χ3n) is 4.07. The van der Waals surface area contributed by atoms with Gasteiger partial charge >= 0.3 is 5.97 Å². The molecule has 1 aliphatic rings. The van der Waals surface area contributed by atoms with E-state index < -0.39 is 5.97 Å². The Morgan fingerprint density at radius 2 is 2.32 bits per heavy atom. The molecular weight excluding hydrogens is 240 g/mol. The highest BCUT2D eigenvalue weighted by molar-refractivity contribution is 5.94. The lowest BCUT2D eigenvalue weighted by molar-refractivity contribution is 0.0696. The number of nitrogens with one attached hydrogen (secondary N) is 1. The van der Waals surface area contributed by atoms with E-state index in [1.807, 2.05) is 6.92 Å². The molecule has 1 heterocycles. The van der Waals surface area contributed by atoms with Crippen LogP contribution in [0.3, 0.4) is 0 Å². The van der Waals surface area contributed by atoms with Crippen molar-refractivity contribution >= 4 is 11.8 Å². The van der Waals surface area contributed by atoms with Gasteiger partial charge in [0.25, 0.3) is 0 Å². The van der Waals surface area contributed by atoms with E-state index in [1.165, 1.54) is 19.3 Å². The molecule has 1 aromatic heterocycles. The summed E-state index contributed by atoms with van der Waals surface area (Å²) in [6, 6.07) is 2.09. The highest BCUT2D eigenvalue weighted by Crippen LogP contribution is 2.29. The van der Waals surface area contributed by atoms with Crippen LogP contribution in [0.5, 0.6) is 0 Å². The molecule has 1 saturated carbocycles. The molecule has 0 saturated heterocycles. The summed E-state index contributed by atoms with van der Waals surface area (Å²) in [4.78, 5) is 15.5. The molecule has 2 rings (SSSR count). The van der Waals surface area contributed by atoms with Crippen LogP contribution in [0.25, 0.3) is 0 Å². The first-order chi connectivity index (χ1) is 9.11. The van der Waals surface area contributed by atoms with Crippen molar-refractivity contribution in [2.24, 2.45) is 5.92 Å². The summed E-state index contributed by atoms with van der Waals surface area (Å²) in [6.45, 7) is 4.03. The smallest absolute Gasteiger partial charge is 0.339 e. The zero-order chi connectivity index (χ0) is 13.8. The second-order valence-corrected chi connectivity index (χ2v) is 5.44. The molecule has 0 radical (unpaired) electrons. The lowest BCUT2D eigenvalue weighted by Crippen LogP contribution is -2.28. The molecule has 0 aliphatic heterocycles. The molecule has 0 aromatic carbocycles. The summed E-state index contributed by atoms with van der Waals surface area (Å²) >= 11 is 0. The van der Waals surface area contributed by atoms with Crippen LogP contribution >= 0.6 is 0 Å².